The summed E-state index contributed by atoms with van der Waals surface area (Å²) in [5.41, 5.74) is 0. The van der Waals surface area contributed by atoms with E-state index in [-0.39, 0.29) is 25.5 Å². The molecule has 1 saturated heterocycles. The molecule has 4 atom stereocenters. The Morgan fingerprint density at radius 1 is 1.00 bits per heavy atom. The standard InChI is InChI=1S/C15H23NO8/c1-8(17)16-13-5-12(23-10(3)19)6-22-14(7-21-9(2)18)15(13)24-11(4)20/h12-15H,5-7H2,1-4H3,(H,16,17)/t12-,13+,14-,15-/m1/s1. The van der Waals surface area contributed by atoms with Crippen LogP contribution in [0.15, 0.2) is 0 Å². The smallest absolute Gasteiger partial charge is 0.303 e. The number of hydrogen-bond acceptors (Lipinski definition) is 8. The predicted octanol–water partition coefficient (Wildman–Crippen LogP) is -0.293. The second kappa shape index (κ2) is 9.21. The van der Waals surface area contributed by atoms with Crippen LogP contribution in [0.3, 0.4) is 0 Å². The van der Waals surface area contributed by atoms with Crippen LogP contribution in [0, 0.1) is 0 Å². The maximum absolute atomic E-state index is 11.5. The second-order valence-electron chi connectivity index (χ2n) is 5.52. The molecule has 1 amide bonds. The summed E-state index contributed by atoms with van der Waals surface area (Å²) >= 11 is 0. The van der Waals surface area contributed by atoms with Gasteiger partial charge in [-0.3, -0.25) is 19.2 Å². The zero-order valence-corrected chi connectivity index (χ0v) is 14.2. The predicted molar refractivity (Wildman–Crippen MR) is 79.7 cm³/mol. The van der Waals surface area contributed by atoms with E-state index in [1.54, 1.807) is 0 Å². The minimum Gasteiger partial charge on any atom is -0.463 e. The van der Waals surface area contributed by atoms with Gasteiger partial charge < -0.3 is 24.3 Å². The van der Waals surface area contributed by atoms with Gasteiger partial charge in [-0.05, 0) is 0 Å². The van der Waals surface area contributed by atoms with Gasteiger partial charge in [0.15, 0.2) is 6.10 Å². The van der Waals surface area contributed by atoms with Gasteiger partial charge in [0.05, 0.1) is 12.6 Å². The number of ether oxygens (including phenoxy) is 4. The SMILES string of the molecule is CC(=O)N[C@H]1C[C@@H](OC(C)=O)CO[C@H](COC(C)=O)[C@@H]1OC(C)=O. The number of esters is 3. The lowest BCUT2D eigenvalue weighted by Crippen LogP contribution is -2.51. The molecule has 1 heterocycles. The molecule has 0 aromatic rings. The molecule has 0 aromatic heterocycles. The first-order chi connectivity index (χ1) is 11.2. The van der Waals surface area contributed by atoms with Gasteiger partial charge in [0.1, 0.15) is 18.8 Å². The van der Waals surface area contributed by atoms with Crippen molar-refractivity contribution in [3.05, 3.63) is 0 Å². The first-order valence-corrected chi connectivity index (χ1v) is 7.55. The van der Waals surface area contributed by atoms with E-state index in [1.807, 2.05) is 0 Å². The van der Waals surface area contributed by atoms with Gasteiger partial charge in [0, 0.05) is 34.1 Å². The largest absolute Gasteiger partial charge is 0.463 e. The van der Waals surface area contributed by atoms with Crippen molar-refractivity contribution >= 4 is 23.8 Å². The van der Waals surface area contributed by atoms with Crippen LogP contribution in [0.25, 0.3) is 0 Å². The molecule has 0 aromatic carbocycles. The summed E-state index contributed by atoms with van der Waals surface area (Å²) in [6.07, 6.45) is -2.10. The Morgan fingerprint density at radius 2 is 1.62 bits per heavy atom. The monoisotopic (exact) mass is 345 g/mol. The average Bonchev–Trinajstić information content (AvgIpc) is 2.56. The molecule has 9 heteroatoms. The van der Waals surface area contributed by atoms with Crippen molar-refractivity contribution in [1.29, 1.82) is 0 Å². The Labute approximate surface area is 139 Å². The number of hydrogen-bond donors (Lipinski definition) is 1. The number of amides is 1. The average molecular weight is 345 g/mol. The van der Waals surface area contributed by atoms with Crippen molar-refractivity contribution < 1.29 is 38.1 Å². The first-order valence-electron chi connectivity index (χ1n) is 7.55. The highest BCUT2D eigenvalue weighted by atomic mass is 16.6. The fourth-order valence-corrected chi connectivity index (χ4v) is 2.48. The minimum absolute atomic E-state index is 0.0271. The summed E-state index contributed by atoms with van der Waals surface area (Å²) in [4.78, 5) is 45.1. The van der Waals surface area contributed by atoms with Crippen LogP contribution >= 0.6 is 0 Å². The minimum atomic E-state index is -0.883. The zero-order chi connectivity index (χ0) is 18.3. The normalized spacial score (nSPS) is 26.7. The molecular formula is C15H23NO8. The van der Waals surface area contributed by atoms with E-state index in [2.05, 4.69) is 5.32 Å². The summed E-state index contributed by atoms with van der Waals surface area (Å²) in [5, 5.41) is 2.67. The molecule has 136 valence electrons. The molecular weight excluding hydrogens is 322 g/mol. The van der Waals surface area contributed by atoms with Crippen LogP contribution < -0.4 is 5.32 Å². The number of carbonyl (C=O) groups is 4. The van der Waals surface area contributed by atoms with Gasteiger partial charge in [0.2, 0.25) is 5.91 Å². The van der Waals surface area contributed by atoms with Crippen molar-refractivity contribution in [1.82, 2.24) is 5.32 Å². The molecule has 0 unspecified atom stereocenters. The summed E-state index contributed by atoms with van der Waals surface area (Å²) in [7, 11) is 0. The van der Waals surface area contributed by atoms with E-state index in [9.17, 15) is 19.2 Å². The molecule has 0 saturated carbocycles. The Hall–Kier alpha value is -2.16. The maximum Gasteiger partial charge on any atom is 0.303 e. The van der Waals surface area contributed by atoms with E-state index in [0.29, 0.717) is 0 Å². The highest BCUT2D eigenvalue weighted by molar-refractivity contribution is 5.73. The van der Waals surface area contributed by atoms with E-state index in [4.69, 9.17) is 18.9 Å². The molecule has 9 nitrogen and oxygen atoms in total. The molecule has 1 aliphatic heterocycles. The Kier molecular flexibility index (Phi) is 7.63. The number of carbonyl (C=O) groups excluding carboxylic acids is 4. The van der Waals surface area contributed by atoms with Gasteiger partial charge in [-0.2, -0.15) is 0 Å². The molecule has 0 bridgehead atoms. The highest BCUT2D eigenvalue weighted by Crippen LogP contribution is 2.21. The number of nitrogens with one attached hydrogen (secondary N) is 1. The molecule has 1 rings (SSSR count). The Bertz CT molecular complexity index is 492. The van der Waals surface area contributed by atoms with Crippen LogP contribution in [0.2, 0.25) is 0 Å². The molecule has 1 N–H and O–H groups in total. The highest BCUT2D eigenvalue weighted by Gasteiger charge is 2.40. The molecule has 1 aliphatic rings. The summed E-state index contributed by atoms with van der Waals surface area (Å²) in [6, 6.07) is -0.654. The molecule has 0 aliphatic carbocycles. The van der Waals surface area contributed by atoms with Gasteiger partial charge in [-0.15, -0.1) is 0 Å². The Balaban J connectivity index is 3.00. The fourth-order valence-electron chi connectivity index (χ4n) is 2.48. The lowest BCUT2D eigenvalue weighted by molar-refractivity contribution is -0.165. The van der Waals surface area contributed by atoms with Crippen LogP contribution in [-0.4, -0.2) is 61.4 Å². The van der Waals surface area contributed by atoms with Crippen LogP contribution in [0.4, 0.5) is 0 Å². The summed E-state index contributed by atoms with van der Waals surface area (Å²) < 4.78 is 21.0. The van der Waals surface area contributed by atoms with E-state index >= 15 is 0 Å². The van der Waals surface area contributed by atoms with Gasteiger partial charge in [-0.1, -0.05) is 0 Å². The molecule has 0 radical (unpaired) electrons. The van der Waals surface area contributed by atoms with Gasteiger partial charge in [0.25, 0.3) is 0 Å². The van der Waals surface area contributed by atoms with Crippen molar-refractivity contribution in [2.75, 3.05) is 13.2 Å². The summed E-state index contributed by atoms with van der Waals surface area (Å²) in [5.74, 6) is -1.92. The molecule has 0 spiro atoms. The van der Waals surface area contributed by atoms with E-state index in [0.717, 1.165) is 0 Å². The van der Waals surface area contributed by atoms with Crippen LogP contribution in [-0.2, 0) is 38.1 Å². The van der Waals surface area contributed by atoms with E-state index in [1.165, 1.54) is 27.7 Å². The lowest BCUT2D eigenvalue weighted by atomic mass is 10.0. The van der Waals surface area contributed by atoms with Crippen molar-refractivity contribution in [2.24, 2.45) is 0 Å². The topological polar surface area (TPSA) is 117 Å². The van der Waals surface area contributed by atoms with E-state index < -0.39 is 42.3 Å². The molecule has 1 fully saturated rings. The maximum atomic E-state index is 11.5. The fraction of sp³-hybridized carbons (Fsp3) is 0.733. The van der Waals surface area contributed by atoms with Crippen LogP contribution in [0.1, 0.15) is 34.1 Å². The third kappa shape index (κ3) is 6.95. The van der Waals surface area contributed by atoms with Gasteiger partial charge >= 0.3 is 17.9 Å². The second-order valence-corrected chi connectivity index (χ2v) is 5.52. The van der Waals surface area contributed by atoms with Crippen molar-refractivity contribution in [3.63, 3.8) is 0 Å². The molecule has 24 heavy (non-hydrogen) atoms. The van der Waals surface area contributed by atoms with Crippen LogP contribution in [0.5, 0.6) is 0 Å². The number of rotatable bonds is 5. The quantitative estimate of drug-likeness (QED) is 0.533. The van der Waals surface area contributed by atoms with Gasteiger partial charge in [-0.25, -0.2) is 0 Å². The van der Waals surface area contributed by atoms with Crippen molar-refractivity contribution in [2.45, 2.75) is 58.5 Å². The first kappa shape index (κ1) is 19.9. The Morgan fingerprint density at radius 3 is 2.12 bits per heavy atom. The lowest BCUT2D eigenvalue weighted by Gasteiger charge is -2.30. The zero-order valence-electron chi connectivity index (χ0n) is 14.2. The summed E-state index contributed by atoms with van der Waals surface area (Å²) in [6.45, 7) is 4.92. The third-order valence-electron chi connectivity index (χ3n) is 3.25. The third-order valence-corrected chi connectivity index (χ3v) is 3.25. The van der Waals surface area contributed by atoms with Crippen molar-refractivity contribution in [3.8, 4) is 0 Å².